The minimum atomic E-state index is 0.331. The molecule has 3 saturated heterocycles. The average molecular weight is 1190 g/mol. The molecule has 0 bridgehead atoms. The number of rotatable bonds is 6. The molecule has 5 heterocycles. The number of hydrogen-bond acceptors (Lipinski definition) is 7. The van der Waals surface area contributed by atoms with E-state index in [2.05, 4.69) is 226 Å². The molecule has 90 heavy (non-hydrogen) atoms. The largest absolute Gasteiger partial charge is 0.456 e. The number of piperidine rings is 1. The zero-order valence-corrected chi connectivity index (χ0v) is 52.1. The third-order valence-corrected chi connectivity index (χ3v) is 25.9. The lowest BCUT2D eigenvalue weighted by Gasteiger charge is -2.68. The van der Waals surface area contributed by atoms with Gasteiger partial charge in [-0.15, -0.1) is 0 Å². The Hall–Kier alpha value is -7.48. The van der Waals surface area contributed by atoms with E-state index < -0.39 is 0 Å². The molecule has 456 valence electrons. The zero-order chi connectivity index (χ0) is 59.0. The number of piperazine rings is 2. The number of fused-ring (bicyclic) bond motifs is 18. The van der Waals surface area contributed by atoms with Gasteiger partial charge in [-0.2, -0.15) is 0 Å². The van der Waals surface area contributed by atoms with Gasteiger partial charge in [-0.1, -0.05) is 171 Å². The van der Waals surface area contributed by atoms with Gasteiger partial charge in [0, 0.05) is 87.0 Å². The van der Waals surface area contributed by atoms with E-state index in [4.69, 9.17) is 14.2 Å². The van der Waals surface area contributed by atoms with Gasteiger partial charge in [0.25, 0.3) is 0 Å². The topological polar surface area (TPSA) is 51.3 Å². The number of para-hydroxylation sites is 8. The SMILES string of the molecule is c1ccc(N2C3CCCCC3N(c3ccccc3)C3CC4C(CC32)C2CCC(c3cccc5c3oc3ccccc35)CC2C2CC(c3cccc5c3oc3ccccc35)CNC2C2CC3C(CC42)N(c2ccccc2)C2CCCCC2N3c2ccccc2)cc1. The molecule has 8 aromatic carbocycles. The van der Waals surface area contributed by atoms with Crippen molar-refractivity contribution >= 4 is 66.6 Å². The average Bonchev–Trinajstić information content (AvgIpc) is 1.14. The van der Waals surface area contributed by atoms with Crippen LogP contribution in [0.1, 0.15) is 126 Å². The Morgan fingerprint density at radius 2 is 0.622 bits per heavy atom. The summed E-state index contributed by atoms with van der Waals surface area (Å²) in [6.45, 7) is 0.979. The predicted octanol–water partition coefficient (Wildman–Crippen LogP) is 19.0. The summed E-state index contributed by atoms with van der Waals surface area (Å²) in [5.74, 6) is 4.60. The lowest BCUT2D eigenvalue weighted by Crippen LogP contribution is -2.75. The molecule has 9 fully saturated rings. The van der Waals surface area contributed by atoms with E-state index >= 15 is 0 Å². The fourth-order valence-electron chi connectivity index (χ4n) is 22.8. The van der Waals surface area contributed by atoms with Crippen molar-refractivity contribution in [3.05, 3.63) is 217 Å². The fraction of sp³-hybridized carbons (Fsp3) is 0.422. The van der Waals surface area contributed by atoms with E-state index in [9.17, 15) is 0 Å². The summed E-state index contributed by atoms with van der Waals surface area (Å²) in [5.41, 5.74) is 12.9. The summed E-state index contributed by atoms with van der Waals surface area (Å²) < 4.78 is 14.1. The molecule has 0 radical (unpaired) electrons. The van der Waals surface area contributed by atoms with Crippen LogP contribution >= 0.6 is 0 Å². The Bertz CT molecular complexity index is 3930. The molecule has 6 aliphatic carbocycles. The summed E-state index contributed by atoms with van der Waals surface area (Å²) in [7, 11) is 0. The van der Waals surface area contributed by atoms with E-state index in [1.54, 1.807) is 0 Å². The normalized spacial score (nSPS) is 34.0. The highest BCUT2D eigenvalue weighted by Crippen LogP contribution is 2.64. The van der Waals surface area contributed by atoms with Gasteiger partial charge in [-0.25, -0.2) is 0 Å². The van der Waals surface area contributed by atoms with Crippen LogP contribution in [0.5, 0.6) is 0 Å². The summed E-state index contributed by atoms with van der Waals surface area (Å²) in [4.78, 5) is 12.4. The van der Waals surface area contributed by atoms with E-state index in [-0.39, 0.29) is 0 Å². The van der Waals surface area contributed by atoms with Crippen LogP contribution in [-0.4, -0.2) is 60.9 Å². The van der Waals surface area contributed by atoms with Crippen molar-refractivity contribution in [2.24, 2.45) is 41.4 Å². The molecule has 7 nitrogen and oxygen atoms in total. The number of nitrogens with zero attached hydrogens (tertiary/aromatic N) is 4. The maximum atomic E-state index is 7.06. The van der Waals surface area contributed by atoms with Crippen LogP contribution in [0.2, 0.25) is 0 Å². The molecule has 2 aromatic heterocycles. The van der Waals surface area contributed by atoms with Crippen molar-refractivity contribution in [1.82, 2.24) is 5.32 Å². The van der Waals surface area contributed by atoms with Crippen molar-refractivity contribution in [2.45, 2.75) is 169 Å². The monoisotopic (exact) mass is 1190 g/mol. The second-order valence-electron chi connectivity index (χ2n) is 29.7. The van der Waals surface area contributed by atoms with Crippen LogP contribution in [0, 0.1) is 41.4 Å². The molecular weight excluding hydrogens is 1100 g/mol. The van der Waals surface area contributed by atoms with E-state index in [1.165, 1.54) is 158 Å². The minimum Gasteiger partial charge on any atom is -0.456 e. The van der Waals surface area contributed by atoms with Gasteiger partial charge in [-0.05, 0) is 196 Å². The molecule has 1 N–H and O–H groups in total. The van der Waals surface area contributed by atoms with Crippen LogP contribution in [0.25, 0.3) is 43.9 Å². The Labute approximate surface area is 531 Å². The van der Waals surface area contributed by atoms with Crippen molar-refractivity contribution in [1.29, 1.82) is 0 Å². The number of anilines is 4. The van der Waals surface area contributed by atoms with Gasteiger partial charge in [-0.3, -0.25) is 0 Å². The quantitative estimate of drug-likeness (QED) is 0.167. The van der Waals surface area contributed by atoms with E-state index in [1.807, 2.05) is 0 Å². The number of hydrogen-bond donors (Lipinski definition) is 1. The highest BCUT2D eigenvalue weighted by Gasteiger charge is 2.63. The van der Waals surface area contributed by atoms with E-state index in [0.717, 1.165) is 28.9 Å². The third kappa shape index (κ3) is 8.66. The van der Waals surface area contributed by atoms with Crippen LogP contribution in [0.15, 0.2) is 215 Å². The first-order chi connectivity index (χ1) is 44.7. The Morgan fingerprint density at radius 3 is 1.08 bits per heavy atom. The number of benzene rings is 8. The molecular formula is C83H87N5O2. The van der Waals surface area contributed by atoms with Crippen molar-refractivity contribution in [3.63, 3.8) is 0 Å². The number of furan rings is 2. The van der Waals surface area contributed by atoms with Crippen molar-refractivity contribution < 1.29 is 8.83 Å². The number of nitrogens with one attached hydrogen (secondary N) is 1. The summed E-state index contributed by atoms with van der Waals surface area (Å²) in [6, 6.07) is 83.4. The fourth-order valence-corrected chi connectivity index (χ4v) is 22.8. The smallest absolute Gasteiger partial charge is 0.138 e. The van der Waals surface area contributed by atoms with Gasteiger partial charge in [0.15, 0.2) is 0 Å². The second-order valence-corrected chi connectivity index (χ2v) is 29.7. The maximum absolute atomic E-state index is 7.06. The molecule has 9 aliphatic rings. The Morgan fingerprint density at radius 1 is 0.278 bits per heavy atom. The molecule has 18 unspecified atom stereocenters. The van der Waals surface area contributed by atoms with Gasteiger partial charge in [0.05, 0.1) is 24.2 Å². The second kappa shape index (κ2) is 22.1. The zero-order valence-electron chi connectivity index (χ0n) is 52.1. The molecule has 10 aromatic rings. The van der Waals surface area contributed by atoms with Gasteiger partial charge in [0.1, 0.15) is 22.3 Å². The molecule has 0 amide bonds. The molecule has 6 saturated carbocycles. The standard InChI is InChI=1S/C83H87N5O2/c1-5-23-54(24-6-1)85-71-37-15-16-38-72(71)86(55-25-7-2-8-26-55)76-48-67-66(47-75(76)85)60-44-43-52(58-33-21-35-63-61-31-13-19-41-79(61)89-82(58)63)45-65(60)69-46-53(59-34-22-36-64-62-32-14-20-42-80(62)90-83(59)64)51-84-81(69)70-50-78-77(49-68(67)70)87(56-27-9-3-10-28-56)73-39-17-18-40-74(73)88(78)57-29-11-4-12-30-57/h1-14,19-36,41-42,52-53,60,65-78,81,84H,15-18,37-40,43-51H2. The predicted molar refractivity (Wildman–Crippen MR) is 369 cm³/mol. The first-order valence-electron chi connectivity index (χ1n) is 35.5. The van der Waals surface area contributed by atoms with Crippen LogP contribution in [-0.2, 0) is 0 Å². The Kier molecular flexibility index (Phi) is 13.3. The van der Waals surface area contributed by atoms with Crippen LogP contribution in [0.4, 0.5) is 22.7 Å². The molecule has 7 heteroatoms. The van der Waals surface area contributed by atoms with E-state index in [0.29, 0.717) is 108 Å². The van der Waals surface area contributed by atoms with Crippen molar-refractivity contribution in [3.8, 4) is 0 Å². The molecule has 18 atom stereocenters. The summed E-state index contributed by atoms with van der Waals surface area (Å²) in [6.07, 6.45) is 20.1. The highest BCUT2D eigenvalue weighted by atomic mass is 16.3. The minimum absolute atomic E-state index is 0.331. The highest BCUT2D eigenvalue weighted by molar-refractivity contribution is 6.07. The van der Waals surface area contributed by atoms with Crippen LogP contribution in [0.3, 0.4) is 0 Å². The molecule has 0 spiro atoms. The first kappa shape index (κ1) is 54.3. The lowest BCUT2D eigenvalue weighted by molar-refractivity contribution is -0.0817. The summed E-state index contributed by atoms with van der Waals surface area (Å²) in [5, 5.41) is 9.78. The molecule has 3 aliphatic heterocycles. The van der Waals surface area contributed by atoms with Gasteiger partial charge < -0.3 is 33.8 Å². The Balaban J connectivity index is 0.813. The lowest BCUT2D eigenvalue weighted by atomic mass is 9.47. The third-order valence-electron chi connectivity index (χ3n) is 25.9. The first-order valence-corrected chi connectivity index (χ1v) is 35.5. The summed E-state index contributed by atoms with van der Waals surface area (Å²) >= 11 is 0. The van der Waals surface area contributed by atoms with Gasteiger partial charge in [0.2, 0.25) is 0 Å². The molecule has 19 rings (SSSR count). The maximum Gasteiger partial charge on any atom is 0.138 e. The van der Waals surface area contributed by atoms with Crippen LogP contribution < -0.4 is 24.9 Å². The van der Waals surface area contributed by atoms with Crippen molar-refractivity contribution in [2.75, 3.05) is 26.1 Å². The van der Waals surface area contributed by atoms with Gasteiger partial charge >= 0.3 is 0 Å².